The molecule has 1 saturated heterocycles. The molecule has 3 aromatic rings. The van der Waals surface area contributed by atoms with E-state index in [0.29, 0.717) is 22.6 Å². The number of likely N-dealkylation sites (tertiary alicyclic amines) is 1. The molecule has 0 bridgehead atoms. The fraction of sp³-hybridized carbons (Fsp3) is 0.261. The summed E-state index contributed by atoms with van der Waals surface area (Å²) >= 11 is 3.45. The summed E-state index contributed by atoms with van der Waals surface area (Å²) in [5, 5.41) is 11.3. The van der Waals surface area contributed by atoms with E-state index in [1.165, 1.54) is 12.0 Å². The Bertz CT molecular complexity index is 1230. The first kappa shape index (κ1) is 21.3. The quantitative estimate of drug-likeness (QED) is 0.339. The van der Waals surface area contributed by atoms with Gasteiger partial charge in [-0.3, -0.25) is 9.59 Å². The predicted octanol–water partition coefficient (Wildman–Crippen LogP) is 3.78. The molecule has 1 N–H and O–H groups in total. The van der Waals surface area contributed by atoms with Gasteiger partial charge in [-0.1, -0.05) is 34.1 Å². The summed E-state index contributed by atoms with van der Waals surface area (Å²) in [6, 6.07) is 10.4. The number of aliphatic hydroxyl groups is 1. The average Bonchev–Trinajstić information content (AvgIpc) is 3.22. The molecule has 0 spiro atoms. The third-order valence-corrected chi connectivity index (χ3v) is 6.04. The van der Waals surface area contributed by atoms with Crippen LogP contribution in [0.3, 0.4) is 0 Å². The van der Waals surface area contributed by atoms with Gasteiger partial charge in [-0.25, -0.2) is 4.98 Å². The molecular formula is C23H22BrN3O4. The number of ether oxygens (including phenoxy) is 1. The number of hydrogen-bond donors (Lipinski definition) is 1. The van der Waals surface area contributed by atoms with E-state index in [1.807, 2.05) is 60.8 Å². The van der Waals surface area contributed by atoms with Crippen molar-refractivity contribution in [1.82, 2.24) is 14.3 Å². The van der Waals surface area contributed by atoms with Gasteiger partial charge in [0.1, 0.15) is 11.3 Å². The summed E-state index contributed by atoms with van der Waals surface area (Å²) in [4.78, 5) is 32.0. The number of hydrogen-bond acceptors (Lipinski definition) is 5. The van der Waals surface area contributed by atoms with Crippen molar-refractivity contribution in [3.63, 3.8) is 0 Å². The second kappa shape index (κ2) is 8.28. The van der Waals surface area contributed by atoms with Gasteiger partial charge in [0.15, 0.2) is 5.76 Å². The molecule has 0 saturated carbocycles. The maximum Gasteiger partial charge on any atom is 0.295 e. The molecule has 1 atom stereocenters. The number of imidazole rings is 1. The van der Waals surface area contributed by atoms with Crippen molar-refractivity contribution in [2.45, 2.75) is 19.9 Å². The Labute approximate surface area is 188 Å². The monoisotopic (exact) mass is 483 g/mol. The molecule has 8 heteroatoms. The summed E-state index contributed by atoms with van der Waals surface area (Å²) in [5.74, 6) is -1.67. The Morgan fingerprint density at radius 3 is 2.68 bits per heavy atom. The van der Waals surface area contributed by atoms with E-state index in [-0.39, 0.29) is 24.5 Å². The van der Waals surface area contributed by atoms with E-state index in [2.05, 4.69) is 20.9 Å². The minimum atomic E-state index is -0.738. The summed E-state index contributed by atoms with van der Waals surface area (Å²) in [5.41, 5.74) is 3.35. The number of benzene rings is 1. The van der Waals surface area contributed by atoms with Crippen LogP contribution in [0, 0.1) is 13.8 Å². The highest BCUT2D eigenvalue weighted by molar-refractivity contribution is 9.10. The van der Waals surface area contributed by atoms with E-state index in [1.54, 1.807) is 0 Å². The lowest BCUT2D eigenvalue weighted by Crippen LogP contribution is -2.32. The lowest BCUT2D eigenvalue weighted by Gasteiger charge is -2.25. The molecule has 1 aliphatic rings. The van der Waals surface area contributed by atoms with Crippen LogP contribution in [0.5, 0.6) is 0 Å². The van der Waals surface area contributed by atoms with Crippen molar-refractivity contribution < 1.29 is 19.4 Å². The van der Waals surface area contributed by atoms with Crippen molar-refractivity contribution in [2.24, 2.45) is 0 Å². The minimum Gasteiger partial charge on any atom is -0.505 e. The summed E-state index contributed by atoms with van der Waals surface area (Å²) < 4.78 is 7.81. The second-order valence-corrected chi connectivity index (χ2v) is 8.39. The van der Waals surface area contributed by atoms with Crippen LogP contribution < -0.4 is 0 Å². The lowest BCUT2D eigenvalue weighted by molar-refractivity contribution is -0.140. The van der Waals surface area contributed by atoms with Crippen LogP contribution in [0.15, 0.2) is 52.6 Å². The molecule has 2 aromatic heterocycles. The van der Waals surface area contributed by atoms with Gasteiger partial charge in [0.2, 0.25) is 0 Å². The maximum absolute atomic E-state index is 13.1. The molecular weight excluding hydrogens is 462 g/mol. The van der Waals surface area contributed by atoms with Crippen molar-refractivity contribution >= 4 is 39.0 Å². The maximum atomic E-state index is 13.1. The normalized spacial score (nSPS) is 18.3. The number of aliphatic hydroxyl groups excluding tert-OH is 1. The number of carbonyl (C=O) groups is 2. The van der Waals surface area contributed by atoms with Gasteiger partial charge in [-0.15, -0.1) is 0 Å². The van der Waals surface area contributed by atoms with Crippen LogP contribution >= 0.6 is 15.9 Å². The Morgan fingerprint density at radius 2 is 2.00 bits per heavy atom. The van der Waals surface area contributed by atoms with Gasteiger partial charge in [0.05, 0.1) is 23.9 Å². The van der Waals surface area contributed by atoms with Gasteiger partial charge in [0, 0.05) is 24.3 Å². The Balaban J connectivity index is 1.94. The lowest BCUT2D eigenvalue weighted by atomic mass is 9.96. The largest absolute Gasteiger partial charge is 0.505 e. The number of methoxy groups -OCH3 is 1. The fourth-order valence-corrected chi connectivity index (χ4v) is 4.41. The van der Waals surface area contributed by atoms with E-state index in [9.17, 15) is 14.7 Å². The summed E-state index contributed by atoms with van der Waals surface area (Å²) in [7, 11) is 1.53. The van der Waals surface area contributed by atoms with Crippen molar-refractivity contribution in [3.05, 3.63) is 75.2 Å². The Kier molecular flexibility index (Phi) is 5.68. The van der Waals surface area contributed by atoms with Crippen molar-refractivity contribution in [3.8, 4) is 0 Å². The third kappa shape index (κ3) is 3.55. The Morgan fingerprint density at radius 1 is 1.23 bits per heavy atom. The van der Waals surface area contributed by atoms with Gasteiger partial charge < -0.3 is 19.1 Å². The fourth-order valence-electron chi connectivity index (χ4n) is 4.00. The minimum absolute atomic E-state index is 0.0309. The van der Waals surface area contributed by atoms with Crippen molar-refractivity contribution in [2.75, 3.05) is 20.3 Å². The first-order valence-corrected chi connectivity index (χ1v) is 10.6. The molecule has 3 heterocycles. The number of aryl methyl sites for hydroxylation is 2. The molecule has 1 amide bonds. The smallest absolute Gasteiger partial charge is 0.295 e. The molecule has 31 heavy (non-hydrogen) atoms. The highest BCUT2D eigenvalue weighted by atomic mass is 79.9. The van der Waals surface area contributed by atoms with E-state index >= 15 is 0 Å². The van der Waals surface area contributed by atoms with Crippen LogP contribution in [-0.4, -0.2) is 51.3 Å². The number of rotatable bonds is 5. The van der Waals surface area contributed by atoms with E-state index < -0.39 is 17.7 Å². The summed E-state index contributed by atoms with van der Waals surface area (Å²) in [6.07, 6.45) is 1.85. The molecule has 7 nitrogen and oxygen atoms in total. The number of pyridine rings is 1. The zero-order valence-corrected chi connectivity index (χ0v) is 19.0. The van der Waals surface area contributed by atoms with Gasteiger partial charge in [-0.05, 0) is 43.2 Å². The topological polar surface area (TPSA) is 84.1 Å². The first-order valence-electron chi connectivity index (χ1n) is 9.82. The number of amides is 1. The van der Waals surface area contributed by atoms with Crippen LogP contribution in [0.25, 0.3) is 11.4 Å². The van der Waals surface area contributed by atoms with Crippen LogP contribution in [-0.2, 0) is 14.3 Å². The zero-order chi connectivity index (χ0) is 22.3. The molecule has 0 radical (unpaired) electrons. The molecule has 1 aliphatic heterocycles. The van der Waals surface area contributed by atoms with Crippen molar-refractivity contribution in [1.29, 1.82) is 0 Å². The SMILES string of the molecule is COCCN1C(=O)C(=O)C(=C(O)c2nc3c(C)cccn3c2C)C1c1cccc(Br)c1. The van der Waals surface area contributed by atoms with Crippen LogP contribution in [0.4, 0.5) is 0 Å². The number of carbonyl (C=O) groups excluding carboxylic acids is 2. The molecule has 1 fully saturated rings. The predicted molar refractivity (Wildman–Crippen MR) is 120 cm³/mol. The van der Waals surface area contributed by atoms with Gasteiger partial charge in [-0.2, -0.15) is 0 Å². The number of halogens is 1. The number of Topliss-reactive ketones (excluding diaryl/α,β-unsaturated/α-hetero) is 1. The van der Waals surface area contributed by atoms with Crippen LogP contribution in [0.1, 0.15) is 28.6 Å². The number of nitrogens with zero attached hydrogens (tertiary/aromatic N) is 3. The number of aromatic nitrogens is 2. The average molecular weight is 484 g/mol. The standard InChI is InChI=1S/C23H22BrN3O4/c1-13-6-5-9-26-14(2)18(25-22(13)26)20(28)17-19(15-7-4-8-16(24)12-15)27(10-11-31-3)23(30)21(17)29/h4-9,12,19,28H,10-11H2,1-3H3. The molecule has 1 unspecified atom stereocenters. The van der Waals surface area contributed by atoms with Gasteiger partial charge in [0.25, 0.3) is 11.7 Å². The molecule has 160 valence electrons. The molecule has 0 aliphatic carbocycles. The second-order valence-electron chi connectivity index (χ2n) is 7.47. The zero-order valence-electron chi connectivity index (χ0n) is 17.4. The molecule has 4 rings (SSSR count). The highest BCUT2D eigenvalue weighted by Gasteiger charge is 2.46. The summed E-state index contributed by atoms with van der Waals surface area (Å²) in [6.45, 7) is 4.24. The number of ketones is 1. The molecule has 1 aromatic carbocycles. The first-order chi connectivity index (χ1) is 14.8. The van der Waals surface area contributed by atoms with Gasteiger partial charge >= 0.3 is 0 Å². The van der Waals surface area contributed by atoms with E-state index in [0.717, 1.165) is 10.0 Å². The van der Waals surface area contributed by atoms with E-state index in [4.69, 9.17) is 4.74 Å². The van der Waals surface area contributed by atoms with Crippen LogP contribution in [0.2, 0.25) is 0 Å². The third-order valence-electron chi connectivity index (χ3n) is 5.55. The Hall–Kier alpha value is -2.97. The number of fused-ring (bicyclic) bond motifs is 1. The highest BCUT2D eigenvalue weighted by Crippen LogP contribution is 2.40.